The first-order valence-corrected chi connectivity index (χ1v) is 7.35. The van der Waals surface area contributed by atoms with E-state index in [4.69, 9.17) is 11.6 Å². The molecule has 7 nitrogen and oxygen atoms in total. The standard InChI is InChI=1S/C13H17ClN4O3/c14-5-1-4-12(19)16-7-9-17(10-8-16)13-11(18(20)21)3-2-6-15-13/h2-3,6H,1,4-5,7-10H2. The van der Waals surface area contributed by atoms with Gasteiger partial charge in [-0.15, -0.1) is 11.6 Å². The number of piperazine rings is 1. The number of hydrogen-bond donors (Lipinski definition) is 0. The molecule has 114 valence electrons. The van der Waals surface area contributed by atoms with Gasteiger partial charge in [0.1, 0.15) is 0 Å². The van der Waals surface area contributed by atoms with Crippen molar-refractivity contribution in [1.82, 2.24) is 9.88 Å². The summed E-state index contributed by atoms with van der Waals surface area (Å²) < 4.78 is 0. The van der Waals surface area contributed by atoms with Crippen molar-refractivity contribution in [3.8, 4) is 0 Å². The van der Waals surface area contributed by atoms with Crippen LogP contribution < -0.4 is 4.90 Å². The third-order valence-corrected chi connectivity index (χ3v) is 3.69. The molecule has 0 unspecified atom stereocenters. The molecule has 1 fully saturated rings. The van der Waals surface area contributed by atoms with Gasteiger partial charge in [-0.3, -0.25) is 14.9 Å². The highest BCUT2D eigenvalue weighted by molar-refractivity contribution is 6.17. The lowest BCUT2D eigenvalue weighted by atomic mass is 10.2. The maximum atomic E-state index is 11.9. The zero-order chi connectivity index (χ0) is 15.2. The molecule has 0 aromatic carbocycles. The highest BCUT2D eigenvalue weighted by Crippen LogP contribution is 2.25. The van der Waals surface area contributed by atoms with Crippen LogP contribution in [-0.4, -0.2) is 52.8 Å². The lowest BCUT2D eigenvalue weighted by Crippen LogP contribution is -2.49. The normalized spacial score (nSPS) is 15.1. The largest absolute Gasteiger partial charge is 0.347 e. The predicted molar refractivity (Wildman–Crippen MR) is 79.6 cm³/mol. The van der Waals surface area contributed by atoms with Crippen molar-refractivity contribution in [2.75, 3.05) is 37.0 Å². The Labute approximate surface area is 127 Å². The molecule has 0 atom stereocenters. The van der Waals surface area contributed by atoms with Crippen LogP contribution in [0.5, 0.6) is 0 Å². The van der Waals surface area contributed by atoms with Gasteiger partial charge in [0.2, 0.25) is 11.7 Å². The first-order valence-electron chi connectivity index (χ1n) is 6.81. The van der Waals surface area contributed by atoms with E-state index in [1.165, 1.54) is 6.07 Å². The second-order valence-corrected chi connectivity index (χ2v) is 5.14. The molecule has 1 aromatic rings. The number of amides is 1. The Morgan fingerprint density at radius 2 is 2.10 bits per heavy atom. The van der Waals surface area contributed by atoms with Gasteiger partial charge in [0, 0.05) is 50.7 Å². The molecule has 2 heterocycles. The number of pyridine rings is 1. The number of nitrogens with zero attached hydrogens (tertiary/aromatic N) is 4. The van der Waals surface area contributed by atoms with E-state index in [0.717, 1.165) is 0 Å². The number of anilines is 1. The van der Waals surface area contributed by atoms with Gasteiger partial charge in [0.05, 0.1) is 4.92 Å². The molecule has 2 rings (SSSR count). The topological polar surface area (TPSA) is 79.6 Å². The molecule has 1 saturated heterocycles. The SMILES string of the molecule is O=C(CCCCl)N1CCN(c2ncccc2[N+](=O)[O-])CC1. The highest BCUT2D eigenvalue weighted by atomic mass is 35.5. The number of carbonyl (C=O) groups excluding carboxylic acids is 1. The minimum atomic E-state index is -0.430. The summed E-state index contributed by atoms with van der Waals surface area (Å²) >= 11 is 5.58. The van der Waals surface area contributed by atoms with Gasteiger partial charge in [-0.25, -0.2) is 4.98 Å². The van der Waals surface area contributed by atoms with Gasteiger partial charge in [0.25, 0.3) is 0 Å². The molecule has 1 aliphatic heterocycles. The van der Waals surface area contributed by atoms with Crippen molar-refractivity contribution in [3.63, 3.8) is 0 Å². The van der Waals surface area contributed by atoms with Crippen LogP contribution in [0.25, 0.3) is 0 Å². The van der Waals surface area contributed by atoms with Crippen LogP contribution in [0.3, 0.4) is 0 Å². The zero-order valence-electron chi connectivity index (χ0n) is 11.6. The van der Waals surface area contributed by atoms with Gasteiger partial charge >= 0.3 is 5.69 Å². The lowest BCUT2D eigenvalue weighted by molar-refractivity contribution is -0.384. The molecule has 0 saturated carbocycles. The van der Waals surface area contributed by atoms with Crippen molar-refractivity contribution >= 4 is 29.0 Å². The molecule has 1 aliphatic rings. The number of hydrogen-bond acceptors (Lipinski definition) is 5. The van der Waals surface area contributed by atoms with Crippen molar-refractivity contribution in [3.05, 3.63) is 28.4 Å². The number of alkyl halides is 1. The maximum Gasteiger partial charge on any atom is 0.311 e. The molecule has 0 radical (unpaired) electrons. The molecule has 0 aliphatic carbocycles. The minimum absolute atomic E-state index is 0.000540. The van der Waals surface area contributed by atoms with Gasteiger partial charge in [0.15, 0.2) is 0 Å². The Balaban J connectivity index is 1.98. The van der Waals surface area contributed by atoms with Crippen LogP contribution in [0.1, 0.15) is 12.8 Å². The summed E-state index contributed by atoms with van der Waals surface area (Å²) in [6.45, 7) is 2.19. The van der Waals surface area contributed by atoms with E-state index in [-0.39, 0.29) is 11.6 Å². The number of nitro groups is 1. The zero-order valence-corrected chi connectivity index (χ0v) is 12.3. The first kappa shape index (κ1) is 15.5. The quantitative estimate of drug-likeness (QED) is 0.469. The molecule has 0 N–H and O–H groups in total. The van der Waals surface area contributed by atoms with Crippen molar-refractivity contribution < 1.29 is 9.72 Å². The van der Waals surface area contributed by atoms with Crippen molar-refractivity contribution in [2.24, 2.45) is 0 Å². The van der Waals surface area contributed by atoms with Crippen LogP contribution >= 0.6 is 11.6 Å². The Morgan fingerprint density at radius 1 is 1.38 bits per heavy atom. The molecule has 8 heteroatoms. The fourth-order valence-electron chi connectivity index (χ4n) is 2.32. The number of aromatic nitrogens is 1. The molecule has 1 aromatic heterocycles. The van der Waals surface area contributed by atoms with E-state index in [9.17, 15) is 14.9 Å². The third-order valence-electron chi connectivity index (χ3n) is 3.42. The summed E-state index contributed by atoms with van der Waals surface area (Å²) in [5.74, 6) is 0.937. The lowest BCUT2D eigenvalue weighted by Gasteiger charge is -2.35. The highest BCUT2D eigenvalue weighted by Gasteiger charge is 2.26. The predicted octanol–water partition coefficient (Wildman–Crippen LogP) is 1.66. The van der Waals surface area contributed by atoms with Gasteiger partial charge in [-0.1, -0.05) is 0 Å². The number of halogens is 1. The van der Waals surface area contributed by atoms with Gasteiger partial charge in [-0.2, -0.15) is 0 Å². The molecule has 0 spiro atoms. The number of carbonyl (C=O) groups is 1. The van der Waals surface area contributed by atoms with E-state index >= 15 is 0 Å². The number of rotatable bonds is 5. The van der Waals surface area contributed by atoms with Gasteiger partial charge in [-0.05, 0) is 12.5 Å². The van der Waals surface area contributed by atoms with E-state index in [1.807, 2.05) is 4.90 Å². The Morgan fingerprint density at radius 3 is 2.71 bits per heavy atom. The van der Waals surface area contributed by atoms with E-state index in [0.29, 0.717) is 50.7 Å². The fraction of sp³-hybridized carbons (Fsp3) is 0.538. The maximum absolute atomic E-state index is 11.9. The van der Waals surface area contributed by atoms with Crippen LogP contribution in [-0.2, 0) is 4.79 Å². The first-order chi connectivity index (χ1) is 10.1. The minimum Gasteiger partial charge on any atom is -0.347 e. The molecular formula is C13H17ClN4O3. The molecule has 21 heavy (non-hydrogen) atoms. The molecular weight excluding hydrogens is 296 g/mol. The summed E-state index contributed by atoms with van der Waals surface area (Å²) in [6.07, 6.45) is 2.67. The summed E-state index contributed by atoms with van der Waals surface area (Å²) in [4.78, 5) is 30.2. The summed E-state index contributed by atoms with van der Waals surface area (Å²) in [5, 5.41) is 11.0. The fourth-order valence-corrected chi connectivity index (χ4v) is 2.45. The second kappa shape index (κ2) is 7.21. The second-order valence-electron chi connectivity index (χ2n) is 4.76. The van der Waals surface area contributed by atoms with Gasteiger partial charge < -0.3 is 9.80 Å². The van der Waals surface area contributed by atoms with Crippen LogP contribution in [0, 0.1) is 10.1 Å². The average Bonchev–Trinajstić information content (AvgIpc) is 2.52. The van der Waals surface area contributed by atoms with Crippen LogP contribution in [0.15, 0.2) is 18.3 Å². The Hall–Kier alpha value is -1.89. The third kappa shape index (κ3) is 3.81. The summed E-state index contributed by atoms with van der Waals surface area (Å²) in [5.41, 5.74) is -0.000540. The van der Waals surface area contributed by atoms with E-state index in [1.54, 1.807) is 17.2 Å². The molecule has 0 bridgehead atoms. The van der Waals surface area contributed by atoms with E-state index in [2.05, 4.69) is 4.98 Å². The molecule has 1 amide bonds. The summed E-state index contributed by atoms with van der Waals surface area (Å²) in [7, 11) is 0. The summed E-state index contributed by atoms with van der Waals surface area (Å²) in [6, 6.07) is 2.99. The monoisotopic (exact) mass is 312 g/mol. The van der Waals surface area contributed by atoms with Crippen LogP contribution in [0.2, 0.25) is 0 Å². The smallest absolute Gasteiger partial charge is 0.311 e. The average molecular weight is 313 g/mol. The van der Waals surface area contributed by atoms with E-state index < -0.39 is 4.92 Å². The Bertz CT molecular complexity index is 518. The van der Waals surface area contributed by atoms with Crippen molar-refractivity contribution in [1.29, 1.82) is 0 Å². The Kier molecular flexibility index (Phi) is 5.32. The van der Waals surface area contributed by atoms with Crippen LogP contribution in [0.4, 0.5) is 11.5 Å². The van der Waals surface area contributed by atoms with Crippen molar-refractivity contribution in [2.45, 2.75) is 12.8 Å².